The van der Waals surface area contributed by atoms with Gasteiger partial charge in [-0.25, -0.2) is 0 Å². The van der Waals surface area contributed by atoms with Gasteiger partial charge < -0.3 is 4.90 Å². The van der Waals surface area contributed by atoms with Gasteiger partial charge in [0.1, 0.15) is 0 Å². The Labute approximate surface area is 133 Å². The summed E-state index contributed by atoms with van der Waals surface area (Å²) in [5, 5.41) is 0. The molecule has 0 unspecified atom stereocenters. The van der Waals surface area contributed by atoms with Crippen molar-refractivity contribution in [3.8, 4) is 0 Å². The van der Waals surface area contributed by atoms with Crippen LogP contribution in [0.5, 0.6) is 0 Å². The molecule has 0 bridgehead atoms. The second-order valence-electron chi connectivity index (χ2n) is 5.50. The fraction of sp³-hybridized carbons (Fsp3) is 0.294. The van der Waals surface area contributed by atoms with Gasteiger partial charge in [-0.1, -0.05) is 6.07 Å². The summed E-state index contributed by atoms with van der Waals surface area (Å²) < 4.78 is 0.868. The number of carbonyl (C=O) groups excluding carboxylic acids is 1. The summed E-state index contributed by atoms with van der Waals surface area (Å²) >= 11 is 3.51. The van der Waals surface area contributed by atoms with Crippen molar-refractivity contribution in [3.05, 3.63) is 63.9 Å². The molecule has 0 aliphatic heterocycles. The number of hydrogen-bond acceptors (Lipinski definition) is 2. The number of aryl methyl sites for hydroxylation is 1. The third kappa shape index (κ3) is 3.32. The van der Waals surface area contributed by atoms with E-state index in [4.69, 9.17) is 0 Å². The Hall–Kier alpha value is -1.68. The highest BCUT2D eigenvalue weighted by atomic mass is 79.9. The number of pyridine rings is 1. The van der Waals surface area contributed by atoms with Gasteiger partial charge in [-0.3, -0.25) is 9.78 Å². The van der Waals surface area contributed by atoms with Crippen molar-refractivity contribution in [3.63, 3.8) is 0 Å². The number of aromatic nitrogens is 1. The van der Waals surface area contributed by atoms with E-state index < -0.39 is 0 Å². The first-order chi connectivity index (χ1) is 10.1. The first-order valence-corrected chi connectivity index (χ1v) is 7.90. The molecular formula is C17H17BrN2O. The van der Waals surface area contributed by atoms with E-state index in [1.54, 1.807) is 12.4 Å². The third-order valence-electron chi connectivity index (χ3n) is 3.71. The van der Waals surface area contributed by atoms with Crippen LogP contribution in [-0.4, -0.2) is 21.8 Å². The molecule has 108 valence electrons. The smallest absolute Gasteiger partial charge is 0.255 e. The van der Waals surface area contributed by atoms with Crippen molar-refractivity contribution in [2.45, 2.75) is 32.4 Å². The molecule has 4 heteroatoms. The molecule has 2 aromatic rings. The van der Waals surface area contributed by atoms with Gasteiger partial charge in [0.05, 0.1) is 5.56 Å². The molecule has 0 atom stereocenters. The van der Waals surface area contributed by atoms with Crippen molar-refractivity contribution in [1.29, 1.82) is 0 Å². The van der Waals surface area contributed by atoms with Crippen LogP contribution in [0.4, 0.5) is 0 Å². The average Bonchev–Trinajstić information content (AvgIpc) is 3.30. The van der Waals surface area contributed by atoms with Crippen molar-refractivity contribution < 1.29 is 4.79 Å². The zero-order chi connectivity index (χ0) is 14.8. The Morgan fingerprint density at radius 1 is 1.29 bits per heavy atom. The summed E-state index contributed by atoms with van der Waals surface area (Å²) in [5.74, 6) is 0.0983. The van der Waals surface area contributed by atoms with Crippen LogP contribution < -0.4 is 0 Å². The average molecular weight is 345 g/mol. The van der Waals surface area contributed by atoms with Crippen molar-refractivity contribution in [1.82, 2.24) is 9.88 Å². The maximum absolute atomic E-state index is 12.8. The third-order valence-corrected chi connectivity index (χ3v) is 4.36. The summed E-state index contributed by atoms with van der Waals surface area (Å²) in [5.41, 5.74) is 3.00. The van der Waals surface area contributed by atoms with Crippen LogP contribution in [0.25, 0.3) is 0 Å². The summed E-state index contributed by atoms with van der Waals surface area (Å²) in [4.78, 5) is 18.8. The maximum Gasteiger partial charge on any atom is 0.255 e. The van der Waals surface area contributed by atoms with Crippen LogP contribution >= 0.6 is 15.9 Å². The Balaban J connectivity index is 1.85. The Morgan fingerprint density at radius 3 is 2.62 bits per heavy atom. The highest BCUT2D eigenvalue weighted by Gasteiger charge is 2.33. The van der Waals surface area contributed by atoms with Gasteiger partial charge in [0.2, 0.25) is 0 Å². The van der Waals surface area contributed by atoms with Gasteiger partial charge in [-0.15, -0.1) is 0 Å². The van der Waals surface area contributed by atoms with Crippen LogP contribution in [0.15, 0.2) is 47.2 Å². The van der Waals surface area contributed by atoms with Crippen LogP contribution in [0.1, 0.15) is 34.3 Å². The predicted molar refractivity (Wildman–Crippen MR) is 86.0 cm³/mol. The fourth-order valence-electron chi connectivity index (χ4n) is 2.39. The lowest BCUT2D eigenvalue weighted by Crippen LogP contribution is -2.32. The molecule has 0 radical (unpaired) electrons. The molecule has 0 spiro atoms. The molecule has 3 rings (SSSR count). The molecule has 0 N–H and O–H groups in total. The lowest BCUT2D eigenvalue weighted by Gasteiger charge is -2.23. The van der Waals surface area contributed by atoms with Crippen LogP contribution in [0.3, 0.4) is 0 Å². The number of carbonyl (C=O) groups is 1. The van der Waals surface area contributed by atoms with E-state index in [0.717, 1.165) is 34.0 Å². The molecular weight excluding hydrogens is 328 g/mol. The molecule has 1 amide bonds. The number of halogens is 1. The Kier molecular flexibility index (Phi) is 4.06. The first-order valence-electron chi connectivity index (χ1n) is 7.11. The number of nitrogens with zero attached hydrogens (tertiary/aromatic N) is 2. The largest absolute Gasteiger partial charge is 0.331 e. The van der Waals surface area contributed by atoms with Gasteiger partial charge in [-0.2, -0.15) is 0 Å². The molecule has 1 aliphatic carbocycles. The van der Waals surface area contributed by atoms with Crippen LogP contribution in [0, 0.1) is 6.92 Å². The monoisotopic (exact) mass is 344 g/mol. The minimum absolute atomic E-state index is 0.0983. The number of rotatable bonds is 4. The van der Waals surface area contributed by atoms with E-state index in [0.29, 0.717) is 12.6 Å². The SMILES string of the molecule is Cc1ccc(C(=O)N(Cc2ccncc2)C2CC2)c(Br)c1. The molecule has 21 heavy (non-hydrogen) atoms. The fourth-order valence-corrected chi connectivity index (χ4v) is 3.05. The normalized spacial score (nSPS) is 14.0. The van der Waals surface area contributed by atoms with E-state index in [1.165, 1.54) is 0 Å². The van der Waals surface area contributed by atoms with E-state index in [1.807, 2.05) is 42.2 Å². The van der Waals surface area contributed by atoms with E-state index in [-0.39, 0.29) is 5.91 Å². The standard InChI is InChI=1S/C17H17BrN2O/c1-12-2-5-15(16(18)10-12)17(21)20(14-3-4-14)11-13-6-8-19-9-7-13/h2,5-10,14H,3-4,11H2,1H3. The van der Waals surface area contributed by atoms with E-state index >= 15 is 0 Å². The van der Waals surface area contributed by atoms with Gasteiger partial charge in [0.25, 0.3) is 5.91 Å². The number of amides is 1. The molecule has 1 aliphatic rings. The predicted octanol–water partition coefficient (Wildman–Crippen LogP) is 3.96. The minimum Gasteiger partial charge on any atom is -0.331 e. The zero-order valence-electron chi connectivity index (χ0n) is 11.9. The topological polar surface area (TPSA) is 33.2 Å². The van der Waals surface area contributed by atoms with Gasteiger partial charge in [-0.05, 0) is 71.1 Å². The Bertz CT molecular complexity index is 653. The quantitative estimate of drug-likeness (QED) is 0.840. The molecule has 1 aromatic carbocycles. The molecule has 1 fully saturated rings. The molecule has 3 nitrogen and oxygen atoms in total. The summed E-state index contributed by atoms with van der Waals surface area (Å²) in [6.45, 7) is 2.67. The minimum atomic E-state index is 0.0983. The molecule has 0 saturated heterocycles. The van der Waals surface area contributed by atoms with Crippen molar-refractivity contribution >= 4 is 21.8 Å². The molecule has 1 heterocycles. The second kappa shape index (κ2) is 5.98. The van der Waals surface area contributed by atoms with Crippen LogP contribution in [-0.2, 0) is 6.54 Å². The Morgan fingerprint density at radius 2 is 2.00 bits per heavy atom. The number of hydrogen-bond donors (Lipinski definition) is 0. The van der Waals surface area contributed by atoms with Crippen molar-refractivity contribution in [2.75, 3.05) is 0 Å². The zero-order valence-corrected chi connectivity index (χ0v) is 13.5. The molecule has 1 aromatic heterocycles. The van der Waals surface area contributed by atoms with Crippen LogP contribution in [0.2, 0.25) is 0 Å². The maximum atomic E-state index is 12.8. The summed E-state index contributed by atoms with van der Waals surface area (Å²) in [6.07, 6.45) is 5.74. The van der Waals surface area contributed by atoms with Gasteiger partial charge in [0.15, 0.2) is 0 Å². The van der Waals surface area contributed by atoms with E-state index in [2.05, 4.69) is 20.9 Å². The highest BCUT2D eigenvalue weighted by molar-refractivity contribution is 9.10. The van der Waals surface area contributed by atoms with E-state index in [9.17, 15) is 4.79 Å². The lowest BCUT2D eigenvalue weighted by atomic mass is 10.1. The number of benzene rings is 1. The highest BCUT2D eigenvalue weighted by Crippen LogP contribution is 2.31. The van der Waals surface area contributed by atoms with Gasteiger partial charge in [0, 0.05) is 29.5 Å². The summed E-state index contributed by atoms with van der Waals surface area (Å²) in [7, 11) is 0. The molecule has 1 saturated carbocycles. The second-order valence-corrected chi connectivity index (χ2v) is 6.36. The lowest BCUT2D eigenvalue weighted by molar-refractivity contribution is 0.0729. The van der Waals surface area contributed by atoms with Gasteiger partial charge >= 0.3 is 0 Å². The first kappa shape index (κ1) is 14.3. The summed E-state index contributed by atoms with van der Waals surface area (Å²) in [6, 6.07) is 10.2. The van der Waals surface area contributed by atoms with Crippen molar-refractivity contribution in [2.24, 2.45) is 0 Å².